The minimum absolute atomic E-state index is 0.485. The highest BCUT2D eigenvalue weighted by molar-refractivity contribution is 4.96. The Morgan fingerprint density at radius 2 is 2.00 bits per heavy atom. The number of rotatable bonds is 4. The van der Waals surface area contributed by atoms with E-state index in [1.54, 1.807) is 0 Å². The summed E-state index contributed by atoms with van der Waals surface area (Å²) in [5, 5.41) is 0. The SMILES string of the molecule is CCCN1CC(F)(CC(C)C)C1. The van der Waals surface area contributed by atoms with Crippen LogP contribution in [0.1, 0.15) is 33.6 Å². The average Bonchev–Trinajstić information content (AvgIpc) is 1.82. The maximum atomic E-state index is 13.7. The first-order valence-corrected chi connectivity index (χ1v) is 4.97. The van der Waals surface area contributed by atoms with Gasteiger partial charge >= 0.3 is 0 Å². The molecule has 1 fully saturated rings. The van der Waals surface area contributed by atoms with E-state index >= 15 is 0 Å². The molecule has 1 heterocycles. The van der Waals surface area contributed by atoms with Gasteiger partial charge in [0.15, 0.2) is 0 Å². The highest BCUT2D eigenvalue weighted by Gasteiger charge is 2.42. The minimum Gasteiger partial charge on any atom is -0.297 e. The quantitative estimate of drug-likeness (QED) is 0.631. The molecule has 0 aromatic heterocycles. The van der Waals surface area contributed by atoms with E-state index in [1.807, 2.05) is 0 Å². The number of alkyl halides is 1. The number of likely N-dealkylation sites (tertiary alicyclic amines) is 1. The largest absolute Gasteiger partial charge is 0.297 e. The average molecular weight is 173 g/mol. The van der Waals surface area contributed by atoms with E-state index in [1.165, 1.54) is 0 Å². The molecule has 0 aromatic carbocycles. The number of halogens is 1. The maximum Gasteiger partial charge on any atom is 0.136 e. The zero-order chi connectivity index (χ0) is 9.19. The number of hydrogen-bond acceptors (Lipinski definition) is 1. The van der Waals surface area contributed by atoms with Crippen LogP contribution in [0, 0.1) is 5.92 Å². The van der Waals surface area contributed by atoms with Crippen molar-refractivity contribution in [1.29, 1.82) is 0 Å². The molecule has 0 amide bonds. The molecule has 0 atom stereocenters. The summed E-state index contributed by atoms with van der Waals surface area (Å²) < 4.78 is 13.7. The Morgan fingerprint density at radius 3 is 2.42 bits per heavy atom. The van der Waals surface area contributed by atoms with Crippen LogP contribution in [0.15, 0.2) is 0 Å². The molecule has 0 N–H and O–H groups in total. The normalized spacial score (nSPS) is 22.8. The Morgan fingerprint density at radius 1 is 1.42 bits per heavy atom. The van der Waals surface area contributed by atoms with Gasteiger partial charge in [-0.2, -0.15) is 0 Å². The first-order chi connectivity index (χ1) is 5.56. The van der Waals surface area contributed by atoms with Gasteiger partial charge in [0.05, 0.1) is 0 Å². The van der Waals surface area contributed by atoms with Gasteiger partial charge in [0.2, 0.25) is 0 Å². The van der Waals surface area contributed by atoms with Crippen LogP contribution in [0.2, 0.25) is 0 Å². The third-order valence-electron chi connectivity index (χ3n) is 2.33. The Kier molecular flexibility index (Phi) is 3.10. The van der Waals surface area contributed by atoms with Gasteiger partial charge in [0.1, 0.15) is 5.67 Å². The summed E-state index contributed by atoms with van der Waals surface area (Å²) >= 11 is 0. The van der Waals surface area contributed by atoms with Crippen LogP contribution < -0.4 is 0 Å². The molecule has 1 nitrogen and oxygen atoms in total. The molecule has 0 spiro atoms. The standard InChI is InChI=1S/C10H20FN/c1-4-5-12-7-10(11,8-12)6-9(2)3/h9H,4-8H2,1-3H3. The summed E-state index contributed by atoms with van der Waals surface area (Å²) in [6.45, 7) is 8.70. The second-order valence-electron chi connectivity index (χ2n) is 4.46. The van der Waals surface area contributed by atoms with Gasteiger partial charge < -0.3 is 0 Å². The zero-order valence-electron chi connectivity index (χ0n) is 8.44. The van der Waals surface area contributed by atoms with E-state index in [4.69, 9.17) is 0 Å². The molecule has 0 saturated carbocycles. The van der Waals surface area contributed by atoms with Crippen molar-refractivity contribution in [2.45, 2.75) is 39.3 Å². The molecular weight excluding hydrogens is 153 g/mol. The Bertz CT molecular complexity index is 139. The second-order valence-corrected chi connectivity index (χ2v) is 4.46. The van der Waals surface area contributed by atoms with Gasteiger partial charge in [0, 0.05) is 13.1 Å². The van der Waals surface area contributed by atoms with E-state index in [0.29, 0.717) is 19.0 Å². The van der Waals surface area contributed by atoms with Gasteiger partial charge in [-0.15, -0.1) is 0 Å². The molecule has 12 heavy (non-hydrogen) atoms. The summed E-state index contributed by atoms with van der Waals surface area (Å²) in [5.74, 6) is 0.485. The van der Waals surface area contributed by atoms with Crippen LogP contribution in [0.25, 0.3) is 0 Å². The van der Waals surface area contributed by atoms with Crippen LogP contribution in [-0.4, -0.2) is 30.2 Å². The summed E-state index contributed by atoms with van der Waals surface area (Å²) in [7, 11) is 0. The highest BCUT2D eigenvalue weighted by atomic mass is 19.1. The van der Waals surface area contributed by atoms with Crippen LogP contribution in [0.3, 0.4) is 0 Å². The fraction of sp³-hybridized carbons (Fsp3) is 1.00. The Hall–Kier alpha value is -0.110. The van der Waals surface area contributed by atoms with Gasteiger partial charge in [0.25, 0.3) is 0 Å². The van der Waals surface area contributed by atoms with E-state index < -0.39 is 5.67 Å². The zero-order valence-corrected chi connectivity index (χ0v) is 8.44. The molecule has 72 valence electrons. The van der Waals surface area contributed by atoms with Crippen molar-refractivity contribution < 1.29 is 4.39 Å². The summed E-state index contributed by atoms with van der Waals surface area (Å²) in [4.78, 5) is 2.20. The lowest BCUT2D eigenvalue weighted by Crippen LogP contribution is -2.59. The summed E-state index contributed by atoms with van der Waals surface area (Å²) in [5.41, 5.74) is -0.858. The minimum atomic E-state index is -0.858. The molecule has 1 rings (SSSR count). The predicted molar refractivity (Wildman–Crippen MR) is 50.0 cm³/mol. The molecule has 2 heteroatoms. The van der Waals surface area contributed by atoms with E-state index in [9.17, 15) is 4.39 Å². The lowest BCUT2D eigenvalue weighted by molar-refractivity contribution is -0.0450. The third kappa shape index (κ3) is 2.44. The molecule has 1 saturated heterocycles. The summed E-state index contributed by atoms with van der Waals surface area (Å²) in [6, 6.07) is 0. The Balaban J connectivity index is 2.20. The molecule has 1 aliphatic heterocycles. The molecule has 1 aliphatic rings. The monoisotopic (exact) mass is 173 g/mol. The van der Waals surface area contributed by atoms with E-state index in [-0.39, 0.29) is 0 Å². The van der Waals surface area contributed by atoms with Crippen LogP contribution in [0.4, 0.5) is 4.39 Å². The van der Waals surface area contributed by atoms with Crippen molar-refractivity contribution in [1.82, 2.24) is 4.90 Å². The van der Waals surface area contributed by atoms with Gasteiger partial charge in [-0.05, 0) is 25.3 Å². The van der Waals surface area contributed by atoms with E-state index in [0.717, 1.165) is 19.4 Å². The van der Waals surface area contributed by atoms with Crippen molar-refractivity contribution >= 4 is 0 Å². The number of hydrogen-bond donors (Lipinski definition) is 0. The molecular formula is C10H20FN. The predicted octanol–water partition coefficient (Wildman–Crippen LogP) is 2.47. The van der Waals surface area contributed by atoms with Crippen molar-refractivity contribution in [3.05, 3.63) is 0 Å². The molecule has 0 aromatic rings. The van der Waals surface area contributed by atoms with Crippen LogP contribution in [-0.2, 0) is 0 Å². The lowest BCUT2D eigenvalue weighted by atomic mass is 9.87. The first kappa shape index (κ1) is 9.97. The van der Waals surface area contributed by atoms with Gasteiger partial charge in [-0.3, -0.25) is 4.90 Å². The van der Waals surface area contributed by atoms with Crippen molar-refractivity contribution in [2.75, 3.05) is 19.6 Å². The lowest BCUT2D eigenvalue weighted by Gasteiger charge is -2.45. The van der Waals surface area contributed by atoms with Crippen molar-refractivity contribution in [3.63, 3.8) is 0 Å². The molecule has 0 aliphatic carbocycles. The van der Waals surface area contributed by atoms with Crippen molar-refractivity contribution in [3.8, 4) is 0 Å². The van der Waals surface area contributed by atoms with Crippen LogP contribution in [0.5, 0.6) is 0 Å². The van der Waals surface area contributed by atoms with Gasteiger partial charge in [-0.25, -0.2) is 4.39 Å². The highest BCUT2D eigenvalue weighted by Crippen LogP contribution is 2.31. The molecule has 0 radical (unpaired) electrons. The van der Waals surface area contributed by atoms with E-state index in [2.05, 4.69) is 25.7 Å². The topological polar surface area (TPSA) is 3.24 Å². The fourth-order valence-electron chi connectivity index (χ4n) is 2.09. The second kappa shape index (κ2) is 3.73. The molecule has 0 unspecified atom stereocenters. The van der Waals surface area contributed by atoms with Crippen molar-refractivity contribution in [2.24, 2.45) is 5.92 Å². The fourth-order valence-corrected chi connectivity index (χ4v) is 2.09. The number of nitrogens with zero attached hydrogens (tertiary/aromatic N) is 1. The maximum absolute atomic E-state index is 13.7. The summed E-state index contributed by atoms with van der Waals surface area (Å²) in [6.07, 6.45) is 1.87. The smallest absolute Gasteiger partial charge is 0.136 e. The van der Waals surface area contributed by atoms with Gasteiger partial charge in [-0.1, -0.05) is 20.8 Å². The third-order valence-corrected chi connectivity index (χ3v) is 2.33. The molecule has 0 bridgehead atoms. The Labute approximate surface area is 74.9 Å². The van der Waals surface area contributed by atoms with Crippen LogP contribution >= 0.6 is 0 Å². The first-order valence-electron chi connectivity index (χ1n) is 4.97.